The maximum absolute atomic E-state index is 10.6. The molecule has 0 saturated carbocycles. The molecule has 2 aromatic carbocycles. The average Bonchev–Trinajstić information content (AvgIpc) is 2.46. The number of carbonyl (C=O) groups is 1. The molecule has 98 valence electrons. The molecule has 0 spiro atoms. The van der Waals surface area contributed by atoms with Crippen molar-refractivity contribution in [1.29, 1.82) is 0 Å². The van der Waals surface area contributed by atoms with Gasteiger partial charge in [-0.05, 0) is 36.1 Å². The van der Waals surface area contributed by atoms with Gasteiger partial charge in [-0.25, -0.2) is 0 Å². The van der Waals surface area contributed by atoms with Crippen molar-refractivity contribution in [2.24, 2.45) is 0 Å². The third kappa shape index (κ3) is 3.91. The lowest BCUT2D eigenvalue weighted by Crippen LogP contribution is -2.00. The summed E-state index contributed by atoms with van der Waals surface area (Å²) in [5.41, 5.74) is 2.60. The minimum atomic E-state index is -0.517. The summed E-state index contributed by atoms with van der Waals surface area (Å²) < 4.78 is 0. The molecular formula is C16H15ClO2. The quantitative estimate of drug-likeness (QED) is 0.842. The number of aliphatic hydroxyl groups excluding tert-OH is 1. The van der Waals surface area contributed by atoms with E-state index in [0.717, 1.165) is 23.8 Å². The summed E-state index contributed by atoms with van der Waals surface area (Å²) in [4.78, 5) is 10.6. The summed E-state index contributed by atoms with van der Waals surface area (Å²) in [6.45, 7) is 0. The Bertz CT molecular complexity index is 532. The molecule has 0 aromatic heterocycles. The molecule has 1 atom stereocenters. The first-order chi connectivity index (χ1) is 9.19. The van der Waals surface area contributed by atoms with E-state index in [4.69, 9.17) is 11.6 Å². The van der Waals surface area contributed by atoms with Crippen molar-refractivity contribution in [3.8, 4) is 0 Å². The third-order valence-corrected chi connectivity index (χ3v) is 3.33. The zero-order valence-electron chi connectivity index (χ0n) is 10.4. The number of rotatable bonds is 5. The molecule has 0 bridgehead atoms. The Morgan fingerprint density at radius 3 is 2.26 bits per heavy atom. The lowest BCUT2D eigenvalue weighted by Gasteiger charge is -2.11. The number of aryl methyl sites for hydroxylation is 1. The van der Waals surface area contributed by atoms with Crippen molar-refractivity contribution in [1.82, 2.24) is 0 Å². The van der Waals surface area contributed by atoms with E-state index >= 15 is 0 Å². The van der Waals surface area contributed by atoms with Crippen LogP contribution in [-0.2, 0) is 6.42 Å². The van der Waals surface area contributed by atoms with Crippen molar-refractivity contribution in [2.45, 2.75) is 18.9 Å². The molecule has 0 radical (unpaired) electrons. The summed E-state index contributed by atoms with van der Waals surface area (Å²) in [5, 5.41) is 10.8. The molecule has 0 heterocycles. The fourth-order valence-corrected chi connectivity index (χ4v) is 2.04. The predicted molar refractivity (Wildman–Crippen MR) is 76.6 cm³/mol. The first kappa shape index (κ1) is 13.8. The Morgan fingerprint density at radius 2 is 1.68 bits per heavy atom. The van der Waals surface area contributed by atoms with Crippen molar-refractivity contribution < 1.29 is 9.90 Å². The molecule has 0 amide bonds. The normalized spacial score (nSPS) is 12.1. The van der Waals surface area contributed by atoms with Crippen molar-refractivity contribution in [2.75, 3.05) is 0 Å². The fraction of sp³-hybridized carbons (Fsp3) is 0.188. The Morgan fingerprint density at radius 1 is 1.05 bits per heavy atom. The Balaban J connectivity index is 1.94. The molecule has 1 unspecified atom stereocenters. The van der Waals surface area contributed by atoms with E-state index < -0.39 is 6.10 Å². The van der Waals surface area contributed by atoms with Gasteiger partial charge in [-0.3, -0.25) is 4.79 Å². The van der Waals surface area contributed by atoms with E-state index in [0.29, 0.717) is 17.0 Å². The van der Waals surface area contributed by atoms with Gasteiger partial charge in [0.05, 0.1) is 6.10 Å². The van der Waals surface area contributed by atoms with E-state index in [2.05, 4.69) is 0 Å². The second kappa shape index (κ2) is 6.50. The maximum Gasteiger partial charge on any atom is 0.150 e. The van der Waals surface area contributed by atoms with Crippen LogP contribution in [0.3, 0.4) is 0 Å². The van der Waals surface area contributed by atoms with Crippen LogP contribution in [0.1, 0.15) is 34.0 Å². The van der Waals surface area contributed by atoms with Crippen LogP contribution >= 0.6 is 11.6 Å². The number of hydrogen-bond donors (Lipinski definition) is 1. The number of aliphatic hydroxyl groups is 1. The summed E-state index contributed by atoms with van der Waals surface area (Å²) in [6.07, 6.45) is 1.70. The SMILES string of the molecule is O=Cc1ccc(C(O)CCc2ccc(Cl)cc2)cc1. The van der Waals surface area contributed by atoms with Gasteiger partial charge in [0, 0.05) is 10.6 Å². The van der Waals surface area contributed by atoms with Gasteiger partial charge in [0.1, 0.15) is 6.29 Å². The van der Waals surface area contributed by atoms with Gasteiger partial charge in [0.2, 0.25) is 0 Å². The van der Waals surface area contributed by atoms with Crippen LogP contribution in [0.5, 0.6) is 0 Å². The van der Waals surface area contributed by atoms with Crippen molar-refractivity contribution >= 4 is 17.9 Å². The van der Waals surface area contributed by atoms with E-state index in [9.17, 15) is 9.90 Å². The standard InChI is InChI=1S/C16H15ClO2/c17-15-8-3-12(4-9-15)5-10-16(19)14-6-1-13(11-18)2-7-14/h1-4,6-9,11,16,19H,5,10H2. The molecule has 0 aliphatic rings. The van der Waals surface area contributed by atoms with E-state index in [1.54, 1.807) is 24.3 Å². The first-order valence-electron chi connectivity index (χ1n) is 6.16. The summed E-state index contributed by atoms with van der Waals surface area (Å²) in [6, 6.07) is 14.6. The summed E-state index contributed by atoms with van der Waals surface area (Å²) in [7, 11) is 0. The highest BCUT2D eigenvalue weighted by Crippen LogP contribution is 2.20. The van der Waals surface area contributed by atoms with Crippen LogP contribution in [0.4, 0.5) is 0 Å². The molecule has 1 N–H and O–H groups in total. The van der Waals surface area contributed by atoms with Gasteiger partial charge >= 0.3 is 0 Å². The van der Waals surface area contributed by atoms with Crippen molar-refractivity contribution in [3.05, 3.63) is 70.2 Å². The average molecular weight is 275 g/mol. The van der Waals surface area contributed by atoms with Gasteiger partial charge in [0.25, 0.3) is 0 Å². The van der Waals surface area contributed by atoms with E-state index in [1.807, 2.05) is 24.3 Å². The highest BCUT2D eigenvalue weighted by Gasteiger charge is 2.07. The lowest BCUT2D eigenvalue weighted by atomic mass is 10.0. The Labute approximate surface area is 117 Å². The molecule has 0 aliphatic heterocycles. The minimum absolute atomic E-state index is 0.517. The monoisotopic (exact) mass is 274 g/mol. The maximum atomic E-state index is 10.6. The molecule has 0 fully saturated rings. The molecular weight excluding hydrogens is 260 g/mol. The summed E-state index contributed by atoms with van der Waals surface area (Å²) >= 11 is 5.82. The van der Waals surface area contributed by atoms with Crippen LogP contribution in [0.2, 0.25) is 5.02 Å². The van der Waals surface area contributed by atoms with E-state index in [1.165, 1.54) is 0 Å². The Kier molecular flexibility index (Phi) is 4.72. The highest BCUT2D eigenvalue weighted by atomic mass is 35.5. The van der Waals surface area contributed by atoms with Crippen LogP contribution < -0.4 is 0 Å². The topological polar surface area (TPSA) is 37.3 Å². The molecule has 2 aromatic rings. The van der Waals surface area contributed by atoms with Gasteiger partial charge < -0.3 is 5.11 Å². The fourth-order valence-electron chi connectivity index (χ4n) is 1.92. The highest BCUT2D eigenvalue weighted by molar-refractivity contribution is 6.30. The third-order valence-electron chi connectivity index (χ3n) is 3.08. The van der Waals surface area contributed by atoms with Crippen molar-refractivity contribution in [3.63, 3.8) is 0 Å². The number of halogens is 1. The molecule has 0 saturated heterocycles. The number of benzene rings is 2. The van der Waals surface area contributed by atoms with Gasteiger partial charge in [0.15, 0.2) is 0 Å². The minimum Gasteiger partial charge on any atom is -0.388 e. The summed E-state index contributed by atoms with van der Waals surface area (Å²) in [5.74, 6) is 0. The van der Waals surface area contributed by atoms with E-state index in [-0.39, 0.29) is 0 Å². The second-order valence-electron chi connectivity index (χ2n) is 4.47. The zero-order valence-corrected chi connectivity index (χ0v) is 11.2. The number of hydrogen-bond acceptors (Lipinski definition) is 2. The number of carbonyl (C=O) groups excluding carboxylic acids is 1. The largest absolute Gasteiger partial charge is 0.388 e. The van der Waals surface area contributed by atoms with Gasteiger partial charge in [-0.15, -0.1) is 0 Å². The molecule has 19 heavy (non-hydrogen) atoms. The van der Waals surface area contributed by atoms with Crippen LogP contribution in [0, 0.1) is 0 Å². The molecule has 0 aliphatic carbocycles. The Hall–Kier alpha value is -1.64. The molecule has 2 nitrogen and oxygen atoms in total. The second-order valence-corrected chi connectivity index (χ2v) is 4.90. The smallest absolute Gasteiger partial charge is 0.150 e. The van der Waals surface area contributed by atoms with Gasteiger partial charge in [-0.2, -0.15) is 0 Å². The zero-order chi connectivity index (χ0) is 13.7. The number of aldehydes is 1. The molecule has 2 rings (SSSR count). The van der Waals surface area contributed by atoms with Crippen LogP contribution in [0.15, 0.2) is 48.5 Å². The van der Waals surface area contributed by atoms with Gasteiger partial charge in [-0.1, -0.05) is 48.0 Å². The van der Waals surface area contributed by atoms with Crippen LogP contribution in [-0.4, -0.2) is 11.4 Å². The molecule has 3 heteroatoms. The first-order valence-corrected chi connectivity index (χ1v) is 6.54. The van der Waals surface area contributed by atoms with Crippen LogP contribution in [0.25, 0.3) is 0 Å². The lowest BCUT2D eigenvalue weighted by molar-refractivity contribution is 0.112. The predicted octanol–water partition coefficient (Wildman–Crippen LogP) is 3.82.